The molecule has 2 aromatic carbocycles. The normalized spacial score (nSPS) is 18.3. The minimum absolute atomic E-state index is 0.104. The van der Waals surface area contributed by atoms with E-state index in [-0.39, 0.29) is 11.8 Å². The number of benzene rings is 2. The molecule has 2 aromatic heterocycles. The molecule has 1 aliphatic carbocycles. The Hall–Kier alpha value is -2.65. The van der Waals surface area contributed by atoms with Gasteiger partial charge in [0.1, 0.15) is 11.5 Å². The lowest BCUT2D eigenvalue weighted by molar-refractivity contribution is 0.0328. The average molecular weight is 558 g/mol. The largest absolute Gasteiger partial charge is 0.476 e. The fraction of sp³-hybridized carbons (Fsp3) is 0.370. The Morgan fingerprint density at radius 2 is 1.95 bits per heavy atom. The fourth-order valence-electron chi connectivity index (χ4n) is 5.02. The SMILES string of the molecule is O=C(O)c1nsc2cc(N3CCCC(OCc4c(-c5c(Cl)cccc5Cl)noc4C4CC4)CC3)ccc12. The van der Waals surface area contributed by atoms with Gasteiger partial charge in [0, 0.05) is 41.2 Å². The summed E-state index contributed by atoms with van der Waals surface area (Å²) in [5, 5.41) is 15.5. The number of aromatic carboxylic acids is 1. The smallest absolute Gasteiger partial charge is 0.356 e. The number of halogens is 2. The van der Waals surface area contributed by atoms with Gasteiger partial charge in [0.05, 0.1) is 27.5 Å². The zero-order valence-electron chi connectivity index (χ0n) is 20.0. The summed E-state index contributed by atoms with van der Waals surface area (Å²) in [5.41, 5.74) is 3.51. The molecule has 37 heavy (non-hydrogen) atoms. The molecule has 3 heterocycles. The number of aromatic nitrogens is 2. The van der Waals surface area contributed by atoms with Gasteiger partial charge in [-0.3, -0.25) is 0 Å². The summed E-state index contributed by atoms with van der Waals surface area (Å²) >= 11 is 14.2. The molecule has 192 valence electrons. The van der Waals surface area contributed by atoms with Crippen LogP contribution in [0.25, 0.3) is 21.3 Å². The topological polar surface area (TPSA) is 88.7 Å². The molecule has 1 aliphatic heterocycles. The Balaban J connectivity index is 1.16. The lowest BCUT2D eigenvalue weighted by Gasteiger charge is -2.23. The molecule has 0 bridgehead atoms. The van der Waals surface area contributed by atoms with Crippen LogP contribution in [0.15, 0.2) is 40.9 Å². The highest BCUT2D eigenvalue weighted by molar-refractivity contribution is 7.13. The lowest BCUT2D eigenvalue weighted by atomic mass is 10.0. The summed E-state index contributed by atoms with van der Waals surface area (Å²) in [6.07, 6.45) is 5.12. The van der Waals surface area contributed by atoms with Gasteiger partial charge in [-0.05, 0) is 74.0 Å². The van der Waals surface area contributed by atoms with Crippen LogP contribution in [0.5, 0.6) is 0 Å². The maximum atomic E-state index is 11.4. The van der Waals surface area contributed by atoms with Crippen molar-refractivity contribution in [2.45, 2.75) is 50.7 Å². The summed E-state index contributed by atoms with van der Waals surface area (Å²) in [4.78, 5) is 13.7. The summed E-state index contributed by atoms with van der Waals surface area (Å²) < 4.78 is 17.2. The molecule has 0 spiro atoms. The Kier molecular flexibility index (Phi) is 6.84. The van der Waals surface area contributed by atoms with Crippen LogP contribution in [-0.4, -0.2) is 39.8 Å². The van der Waals surface area contributed by atoms with E-state index in [2.05, 4.69) is 14.4 Å². The van der Waals surface area contributed by atoms with Crippen LogP contribution in [-0.2, 0) is 11.3 Å². The first-order chi connectivity index (χ1) is 18.0. The van der Waals surface area contributed by atoms with Crippen LogP contribution in [0.4, 0.5) is 5.69 Å². The Morgan fingerprint density at radius 1 is 1.14 bits per heavy atom. The van der Waals surface area contributed by atoms with Crippen LogP contribution < -0.4 is 4.90 Å². The predicted octanol–water partition coefficient (Wildman–Crippen LogP) is 7.41. The van der Waals surface area contributed by atoms with Gasteiger partial charge in [0.25, 0.3) is 0 Å². The molecule has 2 fully saturated rings. The zero-order chi connectivity index (χ0) is 25.5. The van der Waals surface area contributed by atoms with Crippen molar-refractivity contribution in [3.8, 4) is 11.3 Å². The zero-order valence-corrected chi connectivity index (χ0v) is 22.3. The van der Waals surface area contributed by atoms with Gasteiger partial charge in [-0.15, -0.1) is 0 Å². The van der Waals surface area contributed by atoms with Gasteiger partial charge in [0.2, 0.25) is 0 Å². The molecule has 1 N–H and O–H groups in total. The van der Waals surface area contributed by atoms with Crippen LogP contribution in [0.1, 0.15) is 59.8 Å². The summed E-state index contributed by atoms with van der Waals surface area (Å²) in [5.74, 6) is 0.278. The van der Waals surface area contributed by atoms with Crippen molar-refractivity contribution in [1.29, 1.82) is 0 Å². The number of fused-ring (bicyclic) bond motifs is 1. The molecule has 1 saturated carbocycles. The van der Waals surface area contributed by atoms with Gasteiger partial charge in [-0.2, -0.15) is 4.37 Å². The minimum atomic E-state index is -0.994. The summed E-state index contributed by atoms with van der Waals surface area (Å²) in [6, 6.07) is 11.3. The quantitative estimate of drug-likeness (QED) is 0.253. The number of carboxylic acid groups (broad SMARTS) is 1. The molecule has 1 unspecified atom stereocenters. The molecule has 6 rings (SSSR count). The fourth-order valence-corrected chi connectivity index (χ4v) is 6.40. The molecule has 1 atom stereocenters. The second-order valence-corrected chi connectivity index (χ2v) is 11.2. The van der Waals surface area contributed by atoms with E-state index in [9.17, 15) is 9.90 Å². The third-order valence-corrected chi connectivity index (χ3v) is 8.57. The number of anilines is 1. The number of ether oxygens (including phenoxy) is 1. The number of nitrogens with zero attached hydrogens (tertiary/aromatic N) is 3. The third-order valence-electron chi connectivity index (χ3n) is 7.13. The van der Waals surface area contributed by atoms with E-state index in [1.54, 1.807) is 0 Å². The number of carbonyl (C=O) groups is 1. The number of hydrogen-bond acceptors (Lipinski definition) is 7. The van der Waals surface area contributed by atoms with E-state index in [1.165, 1.54) is 11.5 Å². The molecule has 1 saturated heterocycles. The van der Waals surface area contributed by atoms with Crippen molar-refractivity contribution >= 4 is 56.5 Å². The van der Waals surface area contributed by atoms with Crippen molar-refractivity contribution in [2.75, 3.05) is 18.0 Å². The summed E-state index contributed by atoms with van der Waals surface area (Å²) in [7, 11) is 0. The van der Waals surface area contributed by atoms with Gasteiger partial charge in [-0.1, -0.05) is 34.4 Å². The second-order valence-electron chi connectivity index (χ2n) is 9.61. The number of carboxylic acids is 1. The summed E-state index contributed by atoms with van der Waals surface area (Å²) in [6.45, 7) is 2.17. The lowest BCUT2D eigenvalue weighted by Crippen LogP contribution is -2.24. The van der Waals surface area contributed by atoms with E-state index in [4.69, 9.17) is 32.5 Å². The van der Waals surface area contributed by atoms with Gasteiger partial charge in [-0.25, -0.2) is 4.79 Å². The number of hydrogen-bond donors (Lipinski definition) is 1. The molecule has 4 aromatic rings. The van der Waals surface area contributed by atoms with Crippen LogP contribution >= 0.6 is 34.7 Å². The maximum absolute atomic E-state index is 11.4. The van der Waals surface area contributed by atoms with E-state index in [0.29, 0.717) is 39.2 Å². The van der Waals surface area contributed by atoms with Gasteiger partial charge in [0.15, 0.2) is 5.69 Å². The Labute approximate surface area is 228 Å². The highest BCUT2D eigenvalue weighted by Crippen LogP contribution is 2.46. The van der Waals surface area contributed by atoms with Crippen LogP contribution in [0, 0.1) is 0 Å². The molecule has 10 heteroatoms. The molecule has 0 radical (unpaired) electrons. The van der Waals surface area contributed by atoms with E-state index < -0.39 is 5.97 Å². The standard InChI is InChI=1S/C27H25Cl2N3O4S/c28-20-4-1-5-21(29)23(20)24-19(26(36-30-24)15-6-7-15)14-35-17-3-2-11-32(12-10-17)16-8-9-18-22(13-16)37-31-25(18)27(33)34/h1,4-5,8-9,13,15,17H,2-3,6-7,10-12,14H2,(H,33,34). The molecular weight excluding hydrogens is 533 g/mol. The Morgan fingerprint density at radius 3 is 2.70 bits per heavy atom. The van der Waals surface area contributed by atoms with E-state index in [1.807, 2.05) is 36.4 Å². The molecular formula is C27H25Cl2N3O4S. The third kappa shape index (κ3) is 4.95. The second kappa shape index (κ2) is 10.3. The van der Waals surface area contributed by atoms with Crippen molar-refractivity contribution < 1.29 is 19.2 Å². The van der Waals surface area contributed by atoms with E-state index in [0.717, 1.165) is 66.9 Å². The Bertz CT molecular complexity index is 1450. The highest BCUT2D eigenvalue weighted by Gasteiger charge is 2.34. The van der Waals surface area contributed by atoms with Crippen molar-refractivity contribution in [3.63, 3.8) is 0 Å². The van der Waals surface area contributed by atoms with E-state index >= 15 is 0 Å². The monoisotopic (exact) mass is 557 g/mol. The van der Waals surface area contributed by atoms with Crippen molar-refractivity contribution in [3.05, 3.63) is 63.5 Å². The van der Waals surface area contributed by atoms with Gasteiger partial charge < -0.3 is 19.3 Å². The maximum Gasteiger partial charge on any atom is 0.356 e. The number of rotatable bonds is 7. The highest BCUT2D eigenvalue weighted by atomic mass is 35.5. The van der Waals surface area contributed by atoms with Crippen molar-refractivity contribution in [1.82, 2.24) is 9.53 Å². The first-order valence-corrected chi connectivity index (χ1v) is 13.9. The predicted molar refractivity (Wildman–Crippen MR) is 145 cm³/mol. The van der Waals surface area contributed by atoms with Crippen molar-refractivity contribution in [2.24, 2.45) is 0 Å². The first-order valence-electron chi connectivity index (χ1n) is 12.4. The van der Waals surface area contributed by atoms with Crippen LogP contribution in [0.2, 0.25) is 10.0 Å². The van der Waals surface area contributed by atoms with Crippen LogP contribution in [0.3, 0.4) is 0 Å². The van der Waals surface area contributed by atoms with Gasteiger partial charge >= 0.3 is 5.97 Å². The first kappa shape index (κ1) is 24.7. The minimum Gasteiger partial charge on any atom is -0.476 e. The molecule has 0 amide bonds. The average Bonchev–Trinajstić information content (AvgIpc) is 3.57. The molecule has 7 nitrogen and oxygen atoms in total. The molecule has 2 aliphatic rings.